The second-order valence-electron chi connectivity index (χ2n) is 6.10. The van der Waals surface area contributed by atoms with Crippen LogP contribution in [0, 0.1) is 5.82 Å². The number of hydrogen-bond donors (Lipinski definition) is 3. The molecule has 0 aromatic heterocycles. The number of carbonyl (C=O) groups excluding carboxylic acids is 3. The average Bonchev–Trinajstić information content (AvgIpc) is 2.69. The highest BCUT2D eigenvalue weighted by Gasteiger charge is 2.22. The number of ether oxygens (including phenoxy) is 1. The summed E-state index contributed by atoms with van der Waals surface area (Å²) in [4.78, 5) is 35.9. The third-order valence-electron chi connectivity index (χ3n) is 4.03. The first kappa shape index (κ1) is 20.9. The summed E-state index contributed by atoms with van der Waals surface area (Å²) in [6.45, 7) is 0.238. The van der Waals surface area contributed by atoms with Crippen LogP contribution in [-0.2, 0) is 16.1 Å². The fraction of sp³-hybridized carbons (Fsp3) is 0.250. The van der Waals surface area contributed by atoms with Crippen molar-refractivity contribution >= 4 is 17.7 Å². The molecule has 0 unspecified atom stereocenters. The highest BCUT2D eigenvalue weighted by Crippen LogP contribution is 2.11. The normalized spacial score (nSPS) is 11.4. The van der Waals surface area contributed by atoms with Gasteiger partial charge in [0, 0.05) is 18.5 Å². The summed E-state index contributed by atoms with van der Waals surface area (Å²) in [6, 6.07) is 11.1. The Balaban J connectivity index is 2.01. The van der Waals surface area contributed by atoms with Crippen molar-refractivity contribution in [3.63, 3.8) is 0 Å². The van der Waals surface area contributed by atoms with Crippen LogP contribution >= 0.6 is 0 Å². The molecule has 0 radical (unpaired) electrons. The van der Waals surface area contributed by atoms with Crippen molar-refractivity contribution in [1.82, 2.24) is 10.6 Å². The lowest BCUT2D eigenvalue weighted by atomic mass is 10.1. The van der Waals surface area contributed by atoms with E-state index < -0.39 is 29.6 Å². The van der Waals surface area contributed by atoms with Gasteiger partial charge in [-0.15, -0.1) is 0 Å². The minimum absolute atomic E-state index is 0.0523. The maximum atomic E-state index is 13.0. The summed E-state index contributed by atoms with van der Waals surface area (Å²) in [5.41, 5.74) is 6.20. The number of benzene rings is 2. The molecule has 0 spiro atoms. The summed E-state index contributed by atoms with van der Waals surface area (Å²) in [5, 5.41) is 5.28. The van der Waals surface area contributed by atoms with Crippen LogP contribution in [0.5, 0.6) is 5.75 Å². The van der Waals surface area contributed by atoms with Gasteiger partial charge in [0.2, 0.25) is 11.8 Å². The van der Waals surface area contributed by atoms with Gasteiger partial charge in [-0.1, -0.05) is 12.1 Å². The summed E-state index contributed by atoms with van der Waals surface area (Å²) < 4.78 is 18.1. The van der Waals surface area contributed by atoms with Crippen LogP contribution in [0.1, 0.15) is 28.8 Å². The van der Waals surface area contributed by atoms with Gasteiger partial charge >= 0.3 is 0 Å². The maximum Gasteiger partial charge on any atom is 0.251 e. The van der Waals surface area contributed by atoms with Crippen molar-refractivity contribution in [3.05, 3.63) is 65.5 Å². The fourth-order valence-electron chi connectivity index (χ4n) is 2.45. The van der Waals surface area contributed by atoms with E-state index in [0.29, 0.717) is 5.75 Å². The molecule has 0 heterocycles. The molecule has 2 rings (SSSR count). The molecule has 8 heteroatoms. The van der Waals surface area contributed by atoms with Gasteiger partial charge in [0.05, 0.1) is 7.11 Å². The van der Waals surface area contributed by atoms with Crippen LogP contribution in [0.2, 0.25) is 0 Å². The Kier molecular flexibility index (Phi) is 7.50. The third-order valence-corrected chi connectivity index (χ3v) is 4.03. The van der Waals surface area contributed by atoms with Crippen LogP contribution in [0.15, 0.2) is 48.5 Å². The number of nitrogens with one attached hydrogen (secondary N) is 2. The first-order valence-electron chi connectivity index (χ1n) is 8.64. The quantitative estimate of drug-likeness (QED) is 0.606. The molecule has 0 aliphatic rings. The van der Waals surface area contributed by atoms with E-state index in [0.717, 1.165) is 17.7 Å². The van der Waals surface area contributed by atoms with Gasteiger partial charge in [-0.2, -0.15) is 0 Å². The van der Waals surface area contributed by atoms with E-state index in [1.54, 1.807) is 31.4 Å². The van der Waals surface area contributed by atoms with Crippen LogP contribution in [0.3, 0.4) is 0 Å². The van der Waals surface area contributed by atoms with Gasteiger partial charge in [-0.3, -0.25) is 14.4 Å². The third kappa shape index (κ3) is 6.39. The van der Waals surface area contributed by atoms with Gasteiger partial charge in [-0.05, 0) is 48.4 Å². The molecule has 7 nitrogen and oxygen atoms in total. The first-order chi connectivity index (χ1) is 13.4. The number of halogens is 1. The van der Waals surface area contributed by atoms with Gasteiger partial charge < -0.3 is 21.1 Å². The van der Waals surface area contributed by atoms with Gasteiger partial charge in [0.1, 0.15) is 17.6 Å². The molecule has 0 aliphatic heterocycles. The van der Waals surface area contributed by atoms with Crippen LogP contribution in [0.4, 0.5) is 4.39 Å². The topological polar surface area (TPSA) is 111 Å². The Hall–Kier alpha value is -3.42. The lowest BCUT2D eigenvalue weighted by molar-refractivity contribution is -0.123. The van der Waals surface area contributed by atoms with Gasteiger partial charge in [0.15, 0.2) is 0 Å². The predicted octanol–water partition coefficient (Wildman–Crippen LogP) is 1.51. The SMILES string of the molecule is COc1ccc(CNC(=O)[C@H](CCC(N)=O)NC(=O)c2ccc(F)cc2)cc1. The minimum Gasteiger partial charge on any atom is -0.497 e. The van der Waals surface area contributed by atoms with Crippen molar-refractivity contribution in [2.75, 3.05) is 7.11 Å². The first-order valence-corrected chi connectivity index (χ1v) is 8.64. The Bertz CT molecular complexity index is 822. The largest absolute Gasteiger partial charge is 0.497 e. The number of rotatable bonds is 9. The molecule has 2 aromatic rings. The van der Waals surface area contributed by atoms with Gasteiger partial charge in [-0.25, -0.2) is 4.39 Å². The monoisotopic (exact) mass is 387 g/mol. The van der Waals surface area contributed by atoms with Gasteiger partial charge in [0.25, 0.3) is 5.91 Å². The van der Waals surface area contributed by atoms with E-state index in [1.165, 1.54) is 12.1 Å². The fourth-order valence-corrected chi connectivity index (χ4v) is 2.45. The van der Waals surface area contributed by atoms with E-state index in [1.807, 2.05) is 0 Å². The summed E-state index contributed by atoms with van der Waals surface area (Å²) in [7, 11) is 1.56. The zero-order valence-electron chi connectivity index (χ0n) is 15.4. The van der Waals surface area contributed by atoms with Crippen molar-refractivity contribution < 1.29 is 23.5 Å². The van der Waals surface area contributed by atoms with E-state index >= 15 is 0 Å². The average molecular weight is 387 g/mol. The molecule has 28 heavy (non-hydrogen) atoms. The second-order valence-corrected chi connectivity index (χ2v) is 6.10. The van der Waals surface area contributed by atoms with Crippen LogP contribution in [-0.4, -0.2) is 30.9 Å². The molecule has 0 fully saturated rings. The standard InChI is InChI=1S/C20H22FN3O4/c1-28-16-8-2-13(3-9-16)12-23-20(27)17(10-11-18(22)25)24-19(26)14-4-6-15(21)7-5-14/h2-9,17H,10-12H2,1H3,(H2,22,25)(H,23,27)(H,24,26)/t17-/m0/s1. The Labute approximate surface area is 162 Å². The molecule has 0 bridgehead atoms. The smallest absolute Gasteiger partial charge is 0.251 e. The van der Waals surface area contributed by atoms with Crippen molar-refractivity contribution in [2.24, 2.45) is 5.73 Å². The molecule has 0 saturated heterocycles. The molecule has 0 saturated carbocycles. The molecule has 1 atom stereocenters. The van der Waals surface area contributed by atoms with Crippen LogP contribution < -0.4 is 21.1 Å². The summed E-state index contributed by atoms with van der Waals surface area (Å²) >= 11 is 0. The highest BCUT2D eigenvalue weighted by molar-refractivity contribution is 5.97. The minimum atomic E-state index is -0.955. The maximum absolute atomic E-state index is 13.0. The molecule has 4 N–H and O–H groups in total. The van der Waals surface area contributed by atoms with Crippen LogP contribution in [0.25, 0.3) is 0 Å². The number of amides is 3. The lowest BCUT2D eigenvalue weighted by Crippen LogP contribution is -2.47. The number of primary amides is 1. The Morgan fingerprint density at radius 2 is 1.71 bits per heavy atom. The Morgan fingerprint density at radius 1 is 1.07 bits per heavy atom. The molecule has 0 aliphatic carbocycles. The second kappa shape index (κ2) is 10.1. The van der Waals surface area contributed by atoms with E-state index in [-0.39, 0.29) is 24.9 Å². The molecule has 2 aromatic carbocycles. The molecule has 148 valence electrons. The Morgan fingerprint density at radius 3 is 2.29 bits per heavy atom. The highest BCUT2D eigenvalue weighted by atomic mass is 19.1. The number of methoxy groups -OCH3 is 1. The van der Waals surface area contributed by atoms with E-state index in [4.69, 9.17) is 10.5 Å². The van der Waals surface area contributed by atoms with E-state index in [2.05, 4.69) is 10.6 Å². The predicted molar refractivity (Wildman–Crippen MR) is 101 cm³/mol. The van der Waals surface area contributed by atoms with Crippen molar-refractivity contribution in [3.8, 4) is 5.75 Å². The number of carbonyl (C=O) groups is 3. The zero-order valence-corrected chi connectivity index (χ0v) is 15.4. The number of nitrogens with two attached hydrogens (primary N) is 1. The van der Waals surface area contributed by atoms with Crippen molar-refractivity contribution in [2.45, 2.75) is 25.4 Å². The summed E-state index contributed by atoms with van der Waals surface area (Å²) in [5.74, 6) is -1.36. The number of hydrogen-bond acceptors (Lipinski definition) is 4. The summed E-state index contributed by atoms with van der Waals surface area (Å²) in [6.07, 6.45) is -0.0129. The van der Waals surface area contributed by atoms with E-state index in [9.17, 15) is 18.8 Å². The molecular weight excluding hydrogens is 365 g/mol. The lowest BCUT2D eigenvalue weighted by Gasteiger charge is -2.18. The molecular formula is C20H22FN3O4. The molecule has 3 amide bonds. The van der Waals surface area contributed by atoms with Crippen molar-refractivity contribution in [1.29, 1.82) is 0 Å². The zero-order chi connectivity index (χ0) is 20.5.